The molecule has 0 rings (SSSR count). The molecule has 0 unspecified atom stereocenters. The minimum Gasteiger partial charge on any atom is -0.791 e. The maximum Gasteiger partial charge on any atom is 3.00 e. The van der Waals surface area contributed by atoms with Crippen molar-refractivity contribution in [3.63, 3.8) is 0 Å². The molecule has 0 aromatic rings. The largest absolute Gasteiger partial charge is 3.00 e. The van der Waals surface area contributed by atoms with E-state index in [-0.39, 0.29) is 118 Å². The quantitative estimate of drug-likeness (QED) is 0.0807. The van der Waals surface area contributed by atoms with E-state index in [9.17, 15) is 0 Å². The second-order valence-electron chi connectivity index (χ2n) is 8.18. The van der Waals surface area contributed by atoms with E-state index in [0.717, 1.165) is 0 Å². The molecule has 2 radical (unpaired) electrons. The Morgan fingerprint density at radius 2 is 0.167 bits per heavy atom. The molecule has 36 nitrogen and oxygen atoms in total. The van der Waals surface area contributed by atoms with Gasteiger partial charge < -0.3 is 220 Å². The van der Waals surface area contributed by atoms with Gasteiger partial charge >= 0.3 is 80.4 Å². The average Bonchev–Trinajstić information content (AvgIpc) is 3.31. The van der Waals surface area contributed by atoms with Crippen molar-refractivity contribution in [1.82, 2.24) is 0 Å². The Morgan fingerprint density at radius 3 is 0.167 bits per heavy atom. The zero-order valence-corrected chi connectivity index (χ0v) is 69.8. The fraction of sp³-hybridized carbons (Fsp3) is 1.00. The van der Waals surface area contributed by atoms with Gasteiger partial charge in [0.25, 0.3) is 0 Å². The van der Waals surface area contributed by atoms with Crippen molar-refractivity contribution in [2.75, 3.05) is 148 Å². The van der Waals surface area contributed by atoms with Gasteiger partial charge in [-0.25, -0.2) is 112 Å². The molecule has 0 aliphatic carbocycles. The van der Waals surface area contributed by atoms with Crippen LogP contribution in [0.2, 0.25) is 0 Å². The van der Waals surface area contributed by atoms with Crippen molar-refractivity contribution in [2.24, 2.45) is 68.8 Å². The van der Waals surface area contributed by atoms with Crippen molar-refractivity contribution in [1.29, 1.82) is 0 Å². The van der Waals surface area contributed by atoms with Gasteiger partial charge in [-0.1, -0.05) is 0 Å². The Kier molecular flexibility index (Phi) is 313. The van der Waals surface area contributed by atoms with Crippen molar-refractivity contribution in [3.05, 3.63) is 0 Å². The van der Waals surface area contributed by atoms with Gasteiger partial charge in [0, 0.05) is 37.1 Å². The number of hydrogen-bond donors (Lipinski definition) is 12. The summed E-state index contributed by atoms with van der Waals surface area (Å²) in [5.74, 6) is 8.17. The zero-order chi connectivity index (χ0) is 68.0. The first kappa shape index (κ1) is 165. The average molecular weight is 2380 g/mol. The van der Waals surface area contributed by atoms with Crippen LogP contribution < -0.4 is 181 Å². The smallest absolute Gasteiger partial charge is 0.791 e. The maximum atomic E-state index is 8.49. The van der Waals surface area contributed by atoms with Crippen molar-refractivity contribution < 1.29 is 291 Å². The topological polar surface area (TPSA) is 866 Å². The molecule has 0 saturated carbocycles. The van der Waals surface area contributed by atoms with Gasteiger partial charge in [-0.15, -0.1) is 61.5 Å². The molecule has 0 atom stereocenters. The molecule has 0 amide bonds. The van der Waals surface area contributed by atoms with Crippen LogP contribution in [-0.4, -0.2) is 148 Å². The van der Waals surface area contributed by atoms with Gasteiger partial charge in [0.2, 0.25) is 0 Å². The Balaban J connectivity index is -0.0000000206. The van der Waals surface area contributed by atoms with E-state index in [2.05, 4.69) is 152 Å². The third-order valence-electron chi connectivity index (χ3n) is 1.41. The zero-order valence-electron chi connectivity index (χ0n) is 43.1. The molecular formula is C24H72Cl6Ir4N12O24S12V2-6. The number of halogens is 6. The Bertz CT molecular complexity index is 618. The standard InChI is InChI=1S/12C2H7NS.6ClHO4.4Ir.2V/c12*3-1-2-4;6*2-1(3,4)5;;;;;;/h12*4H,1-3H2;6*(H,2,3,4,5);;;;;;/q;;;;;;;;;;;;;;;;;;4*+3;;/p-18. The van der Waals surface area contributed by atoms with Gasteiger partial charge in [0.15, 0.2) is 0 Å². The van der Waals surface area contributed by atoms with E-state index in [4.69, 9.17) is 181 Å². The second-order valence-corrected chi connectivity index (χ2v) is 17.6. The van der Waals surface area contributed by atoms with Crippen LogP contribution >= 0.6 is 0 Å². The van der Waals surface area contributed by atoms with Crippen LogP contribution in [0.25, 0.3) is 0 Å². The molecule has 0 aromatic heterocycles. The first-order valence-corrected chi connectivity index (χ1v) is 32.4. The first-order chi connectivity index (χ1) is 35.0. The van der Waals surface area contributed by atoms with E-state index in [1.165, 1.54) is 0 Å². The summed E-state index contributed by atoms with van der Waals surface area (Å²) in [6.45, 7) is 7.61. The summed E-state index contributed by atoms with van der Waals surface area (Å²) in [5.41, 5.74) is 59.1. The minimum absolute atomic E-state index is 0. The summed E-state index contributed by atoms with van der Waals surface area (Å²) in [6.07, 6.45) is 0. The van der Waals surface area contributed by atoms with E-state index < -0.39 is 61.5 Å². The minimum atomic E-state index is -4.94. The van der Waals surface area contributed by atoms with E-state index >= 15 is 0 Å². The SMILES string of the molecule is NCC[S-].NCC[S-].NCC[S-].NCC[S-].NCC[S-].NCC[S-].NCC[S-].NCC[S-].NCC[S-].NCC[S-].NCC[S-].NCC[S-].[Ir+3].[Ir+3].[Ir+3].[Ir+3].[O-][Cl+3]([O-])([O-])[O-].[O-][Cl+3]([O-])([O-])[O-].[O-][Cl+3]([O-])([O-])[O-].[O-][Cl+3]([O-])([O-])[O-].[O-][Cl+3]([O-])([O-])[O-].[O-][Cl+3]([O-])([O-])[O-].[V].[V]. The van der Waals surface area contributed by atoms with Crippen LogP contribution in [0.3, 0.4) is 0 Å². The van der Waals surface area contributed by atoms with Crippen LogP contribution in [-0.2, 0) is 269 Å². The number of rotatable bonds is 12. The molecule has 0 spiro atoms. The van der Waals surface area contributed by atoms with Gasteiger partial charge in [-0.2, -0.15) is 69.0 Å². The number of hydrogen-bond acceptors (Lipinski definition) is 48. The molecule has 0 aromatic carbocycles. The Morgan fingerprint density at radius 1 is 0.155 bits per heavy atom. The van der Waals surface area contributed by atoms with E-state index in [1.807, 2.05) is 0 Å². The summed E-state index contributed by atoms with van der Waals surface area (Å²) < 4.78 is 204. The maximum absolute atomic E-state index is 8.49. The predicted molar refractivity (Wildman–Crippen MR) is 255 cm³/mol. The third kappa shape index (κ3) is 1750. The fourth-order valence-corrected chi connectivity index (χ4v) is 0. The molecule has 0 bridgehead atoms. The van der Waals surface area contributed by atoms with E-state index in [0.29, 0.717) is 148 Å². The third-order valence-corrected chi connectivity index (χ3v) is 4.24. The number of nitrogens with two attached hydrogens (primary N) is 12. The van der Waals surface area contributed by atoms with E-state index in [1.54, 1.807) is 0 Å². The van der Waals surface area contributed by atoms with Crippen LogP contribution in [0.5, 0.6) is 0 Å². The predicted octanol–water partition coefficient (Wildman–Crippen LogP) is -34.6. The molecular weight excluding hydrogens is 2310 g/mol. The summed E-state index contributed by atoms with van der Waals surface area (Å²) in [5, 5.41) is 0. The molecule has 0 fully saturated rings. The fourth-order valence-electron chi connectivity index (χ4n) is 0. The van der Waals surface area contributed by atoms with Gasteiger partial charge in [-0.05, 0) is 78.5 Å². The summed E-state index contributed by atoms with van der Waals surface area (Å²) in [6, 6.07) is 0. The Labute approximate surface area is 650 Å². The summed E-state index contributed by atoms with van der Waals surface area (Å²) in [7, 11) is -29.7. The van der Waals surface area contributed by atoms with Crippen LogP contribution in [0.1, 0.15) is 0 Å². The monoisotopic (exact) mass is 2380 g/mol. The molecule has 60 heteroatoms. The van der Waals surface area contributed by atoms with Crippen LogP contribution in [0.15, 0.2) is 0 Å². The molecule has 538 valence electrons. The van der Waals surface area contributed by atoms with Crippen molar-refractivity contribution in [2.45, 2.75) is 0 Å². The van der Waals surface area contributed by atoms with Crippen LogP contribution in [0.4, 0.5) is 0 Å². The molecule has 0 saturated heterocycles. The van der Waals surface area contributed by atoms with Gasteiger partial charge in [0.1, 0.15) is 0 Å². The normalized spacial score (nSPS) is 8.57. The molecule has 0 aliphatic heterocycles. The van der Waals surface area contributed by atoms with Crippen molar-refractivity contribution in [3.8, 4) is 0 Å². The van der Waals surface area contributed by atoms with Crippen LogP contribution in [0, 0.1) is 61.5 Å². The molecule has 0 heterocycles. The molecule has 24 N–H and O–H groups in total. The van der Waals surface area contributed by atoms with Gasteiger partial charge in [-0.3, -0.25) is 0 Å². The summed E-state index contributed by atoms with van der Waals surface area (Å²) >= 11 is 53.1. The first-order valence-electron chi connectivity index (χ1n) is 18.1. The molecule has 84 heavy (non-hydrogen) atoms. The van der Waals surface area contributed by atoms with Crippen molar-refractivity contribution >= 4 is 152 Å². The second kappa shape index (κ2) is 160. The summed E-state index contributed by atoms with van der Waals surface area (Å²) in [4.78, 5) is 0. The van der Waals surface area contributed by atoms with Gasteiger partial charge in [0.05, 0.1) is 0 Å². The molecule has 0 aliphatic rings. The Hall–Kier alpha value is 8.27.